The Labute approximate surface area is 114 Å². The Kier molecular flexibility index (Phi) is 3.53. The maximum atomic E-state index is 5.41. The molecule has 0 radical (unpaired) electrons. The van der Waals surface area contributed by atoms with Crippen LogP contribution in [0.15, 0.2) is 11.4 Å². The lowest BCUT2D eigenvalue weighted by Gasteiger charge is -2.23. The highest BCUT2D eigenvalue weighted by Gasteiger charge is 2.16. The lowest BCUT2D eigenvalue weighted by Crippen LogP contribution is -2.26. The molecule has 0 spiro atoms. The van der Waals surface area contributed by atoms with Gasteiger partial charge >= 0.3 is 0 Å². The number of hydrazine groups is 1. The smallest absolute Gasteiger partial charge is 0.240 e. The predicted molar refractivity (Wildman–Crippen MR) is 79.2 cm³/mol. The molecule has 3 heterocycles. The molecule has 2 aromatic heterocycles. The zero-order chi connectivity index (χ0) is 12.4. The molecule has 5 nitrogen and oxygen atoms in total. The van der Waals surface area contributed by atoms with Gasteiger partial charge in [0.05, 0.1) is 5.39 Å². The van der Waals surface area contributed by atoms with E-state index in [-0.39, 0.29) is 0 Å². The number of rotatable bonds is 3. The van der Waals surface area contributed by atoms with E-state index >= 15 is 0 Å². The zero-order valence-electron chi connectivity index (χ0n) is 9.85. The number of aromatic nitrogens is 2. The molecule has 2 aromatic rings. The molecule has 0 aromatic carbocycles. The summed E-state index contributed by atoms with van der Waals surface area (Å²) < 4.78 is 0. The van der Waals surface area contributed by atoms with Gasteiger partial charge in [-0.05, 0) is 30.0 Å². The summed E-state index contributed by atoms with van der Waals surface area (Å²) in [5, 5.41) is 6.63. The highest BCUT2D eigenvalue weighted by Crippen LogP contribution is 2.28. The number of nitrogens with two attached hydrogens (primary N) is 1. The first kappa shape index (κ1) is 12.0. The van der Waals surface area contributed by atoms with Crippen LogP contribution in [0.2, 0.25) is 0 Å². The molecule has 0 amide bonds. The summed E-state index contributed by atoms with van der Waals surface area (Å²) in [4.78, 5) is 9.72. The summed E-state index contributed by atoms with van der Waals surface area (Å²) >= 11 is 3.60. The largest absolute Gasteiger partial charge is 0.366 e. The van der Waals surface area contributed by atoms with E-state index < -0.39 is 0 Å². The number of nitrogens with zero attached hydrogens (tertiary/aromatic N) is 2. The first-order chi connectivity index (χ1) is 8.86. The molecular formula is C11H15N5S2. The quantitative estimate of drug-likeness (QED) is 0.592. The van der Waals surface area contributed by atoms with Gasteiger partial charge in [-0.25, -0.2) is 10.8 Å². The van der Waals surface area contributed by atoms with E-state index in [1.807, 2.05) is 17.1 Å². The van der Waals surface area contributed by atoms with E-state index in [1.54, 1.807) is 11.3 Å². The molecule has 1 atom stereocenters. The second-order valence-electron chi connectivity index (χ2n) is 4.24. The highest BCUT2D eigenvalue weighted by atomic mass is 32.2. The fourth-order valence-electron chi connectivity index (χ4n) is 2.08. The van der Waals surface area contributed by atoms with Gasteiger partial charge in [0.25, 0.3) is 0 Å². The van der Waals surface area contributed by atoms with E-state index in [0.29, 0.717) is 12.0 Å². The molecule has 96 valence electrons. The van der Waals surface area contributed by atoms with Crippen LogP contribution >= 0.6 is 23.1 Å². The SMILES string of the molecule is NNc1nc(NC2CCCSC2)c2ccsc2n1. The van der Waals surface area contributed by atoms with Crippen molar-refractivity contribution in [3.8, 4) is 0 Å². The third-order valence-electron chi connectivity index (χ3n) is 2.96. The number of nitrogens with one attached hydrogen (secondary N) is 2. The van der Waals surface area contributed by atoms with Gasteiger partial charge in [0.1, 0.15) is 10.6 Å². The fraction of sp³-hybridized carbons (Fsp3) is 0.455. The molecule has 0 aliphatic carbocycles. The molecule has 1 aliphatic heterocycles. The van der Waals surface area contributed by atoms with Crippen molar-refractivity contribution in [2.45, 2.75) is 18.9 Å². The van der Waals surface area contributed by atoms with Crippen LogP contribution in [0.25, 0.3) is 10.2 Å². The van der Waals surface area contributed by atoms with Crippen molar-refractivity contribution in [3.63, 3.8) is 0 Å². The molecule has 3 rings (SSSR count). The Balaban J connectivity index is 1.91. The Bertz CT molecular complexity index is 535. The van der Waals surface area contributed by atoms with Crippen molar-refractivity contribution in [1.29, 1.82) is 0 Å². The Morgan fingerprint density at radius 3 is 3.11 bits per heavy atom. The molecule has 4 N–H and O–H groups in total. The second-order valence-corrected chi connectivity index (χ2v) is 6.28. The summed E-state index contributed by atoms with van der Waals surface area (Å²) in [5.74, 6) is 9.18. The fourth-order valence-corrected chi connectivity index (χ4v) is 3.91. The number of nitrogen functional groups attached to an aromatic ring is 1. The third-order valence-corrected chi connectivity index (χ3v) is 4.98. The minimum atomic E-state index is 0.468. The van der Waals surface area contributed by atoms with Gasteiger partial charge in [0.15, 0.2) is 0 Å². The molecule has 1 fully saturated rings. The number of thiophene rings is 1. The van der Waals surface area contributed by atoms with E-state index in [1.165, 1.54) is 18.6 Å². The van der Waals surface area contributed by atoms with Crippen LogP contribution in [-0.4, -0.2) is 27.5 Å². The molecule has 7 heteroatoms. The van der Waals surface area contributed by atoms with Crippen molar-refractivity contribution in [2.75, 3.05) is 22.2 Å². The third kappa shape index (κ3) is 2.38. The van der Waals surface area contributed by atoms with Crippen LogP contribution in [0.5, 0.6) is 0 Å². The van der Waals surface area contributed by atoms with Crippen LogP contribution in [0.4, 0.5) is 11.8 Å². The monoisotopic (exact) mass is 281 g/mol. The maximum absolute atomic E-state index is 5.41. The number of anilines is 2. The molecule has 0 saturated carbocycles. The standard InChI is InChI=1S/C11H15N5S2/c12-16-11-14-9(8-3-5-18-10(8)15-11)13-7-2-1-4-17-6-7/h3,5,7H,1-2,4,6,12H2,(H2,13,14,15,16). The first-order valence-electron chi connectivity index (χ1n) is 5.93. The summed E-state index contributed by atoms with van der Waals surface area (Å²) in [7, 11) is 0. The van der Waals surface area contributed by atoms with Crippen LogP contribution in [0, 0.1) is 0 Å². The highest BCUT2D eigenvalue weighted by molar-refractivity contribution is 7.99. The Morgan fingerprint density at radius 1 is 1.39 bits per heavy atom. The van der Waals surface area contributed by atoms with Gasteiger partial charge in [-0.1, -0.05) is 0 Å². The number of hydrogen-bond donors (Lipinski definition) is 3. The van der Waals surface area contributed by atoms with E-state index in [4.69, 9.17) is 5.84 Å². The molecular weight excluding hydrogens is 266 g/mol. The average molecular weight is 281 g/mol. The number of hydrogen-bond acceptors (Lipinski definition) is 7. The van der Waals surface area contributed by atoms with E-state index in [2.05, 4.69) is 26.8 Å². The van der Waals surface area contributed by atoms with Crippen molar-refractivity contribution in [2.24, 2.45) is 5.84 Å². The van der Waals surface area contributed by atoms with Gasteiger partial charge in [0.2, 0.25) is 5.95 Å². The molecule has 1 saturated heterocycles. The second kappa shape index (κ2) is 5.29. The van der Waals surface area contributed by atoms with E-state index in [9.17, 15) is 0 Å². The van der Waals surface area contributed by atoms with Gasteiger partial charge in [-0.2, -0.15) is 16.7 Å². The summed E-state index contributed by atoms with van der Waals surface area (Å²) in [5.41, 5.74) is 2.53. The molecule has 0 bridgehead atoms. The lowest BCUT2D eigenvalue weighted by molar-refractivity contribution is 0.683. The van der Waals surface area contributed by atoms with Crippen molar-refractivity contribution in [3.05, 3.63) is 11.4 Å². The van der Waals surface area contributed by atoms with Gasteiger partial charge < -0.3 is 5.32 Å². The van der Waals surface area contributed by atoms with Crippen LogP contribution in [0.1, 0.15) is 12.8 Å². The lowest BCUT2D eigenvalue weighted by atomic mass is 10.2. The molecule has 1 unspecified atom stereocenters. The minimum Gasteiger partial charge on any atom is -0.366 e. The number of thioether (sulfide) groups is 1. The summed E-state index contributed by atoms with van der Waals surface area (Å²) in [6.45, 7) is 0. The van der Waals surface area contributed by atoms with Crippen molar-refractivity contribution < 1.29 is 0 Å². The first-order valence-corrected chi connectivity index (χ1v) is 7.96. The van der Waals surface area contributed by atoms with Crippen LogP contribution in [-0.2, 0) is 0 Å². The normalized spacial score (nSPS) is 19.9. The molecule has 18 heavy (non-hydrogen) atoms. The Hall–Kier alpha value is -1.05. The number of fused-ring (bicyclic) bond motifs is 1. The predicted octanol–water partition coefficient (Wildman–Crippen LogP) is 2.28. The Morgan fingerprint density at radius 2 is 2.33 bits per heavy atom. The van der Waals surface area contributed by atoms with Crippen LogP contribution in [0.3, 0.4) is 0 Å². The van der Waals surface area contributed by atoms with Crippen molar-refractivity contribution >= 4 is 45.1 Å². The maximum Gasteiger partial charge on any atom is 0.240 e. The van der Waals surface area contributed by atoms with E-state index in [0.717, 1.165) is 21.8 Å². The van der Waals surface area contributed by atoms with Gasteiger partial charge in [0, 0.05) is 11.8 Å². The van der Waals surface area contributed by atoms with Crippen LogP contribution < -0.4 is 16.6 Å². The minimum absolute atomic E-state index is 0.468. The topological polar surface area (TPSA) is 75.9 Å². The summed E-state index contributed by atoms with van der Waals surface area (Å²) in [6.07, 6.45) is 2.47. The van der Waals surface area contributed by atoms with Gasteiger partial charge in [-0.3, -0.25) is 5.43 Å². The van der Waals surface area contributed by atoms with Crippen molar-refractivity contribution in [1.82, 2.24) is 9.97 Å². The average Bonchev–Trinajstić information content (AvgIpc) is 2.88. The zero-order valence-corrected chi connectivity index (χ0v) is 11.5. The van der Waals surface area contributed by atoms with Gasteiger partial charge in [-0.15, -0.1) is 11.3 Å². The molecule has 1 aliphatic rings. The summed E-state index contributed by atoms with van der Waals surface area (Å²) in [6, 6.07) is 2.55.